The second-order valence-electron chi connectivity index (χ2n) is 5.27. The van der Waals surface area contributed by atoms with E-state index in [-0.39, 0.29) is 0 Å². The Balaban J connectivity index is 1.78. The highest BCUT2D eigenvalue weighted by atomic mass is 16.5. The van der Waals surface area contributed by atoms with E-state index in [2.05, 4.69) is 34.1 Å². The van der Waals surface area contributed by atoms with Crippen LogP contribution in [0.1, 0.15) is 30.0 Å². The van der Waals surface area contributed by atoms with Crippen LogP contribution < -0.4 is 4.74 Å². The molecule has 1 aromatic carbocycles. The van der Waals surface area contributed by atoms with E-state index in [1.807, 2.05) is 24.5 Å². The first-order valence-electron chi connectivity index (χ1n) is 7.14. The summed E-state index contributed by atoms with van der Waals surface area (Å²) in [6, 6.07) is 13.1. The quantitative estimate of drug-likeness (QED) is 0.849. The number of hydrogen-bond acceptors (Lipinski definition) is 3. The second kappa shape index (κ2) is 6.06. The van der Waals surface area contributed by atoms with Gasteiger partial charge in [0.2, 0.25) is 0 Å². The van der Waals surface area contributed by atoms with Gasteiger partial charge >= 0.3 is 0 Å². The van der Waals surface area contributed by atoms with Gasteiger partial charge in [-0.3, -0.25) is 9.88 Å². The Morgan fingerprint density at radius 1 is 1.30 bits per heavy atom. The SMILES string of the molecule is COc1cccc(C2CCCN2Cc2cccnc2)c1. The molecule has 0 N–H and O–H groups in total. The number of methoxy groups -OCH3 is 1. The van der Waals surface area contributed by atoms with Crippen molar-refractivity contribution < 1.29 is 4.74 Å². The fraction of sp³-hybridized carbons (Fsp3) is 0.353. The average Bonchev–Trinajstić information content (AvgIpc) is 2.96. The van der Waals surface area contributed by atoms with Gasteiger partial charge in [-0.25, -0.2) is 0 Å². The number of pyridine rings is 1. The molecule has 3 nitrogen and oxygen atoms in total. The van der Waals surface area contributed by atoms with E-state index in [4.69, 9.17) is 4.74 Å². The Hall–Kier alpha value is -1.87. The Bertz CT molecular complexity index is 556. The molecule has 0 aliphatic carbocycles. The van der Waals surface area contributed by atoms with Crippen molar-refractivity contribution in [2.75, 3.05) is 13.7 Å². The molecule has 2 aromatic rings. The van der Waals surface area contributed by atoms with Crippen LogP contribution in [-0.4, -0.2) is 23.5 Å². The molecule has 3 rings (SSSR count). The number of rotatable bonds is 4. The number of aromatic nitrogens is 1. The topological polar surface area (TPSA) is 25.4 Å². The molecule has 0 spiro atoms. The van der Waals surface area contributed by atoms with Gasteiger partial charge in [-0.05, 0) is 48.7 Å². The third kappa shape index (κ3) is 2.83. The van der Waals surface area contributed by atoms with Crippen LogP contribution in [0.2, 0.25) is 0 Å². The number of hydrogen-bond donors (Lipinski definition) is 0. The highest BCUT2D eigenvalue weighted by Gasteiger charge is 2.26. The lowest BCUT2D eigenvalue weighted by Crippen LogP contribution is -2.22. The summed E-state index contributed by atoms with van der Waals surface area (Å²) in [5, 5.41) is 0. The Labute approximate surface area is 120 Å². The Morgan fingerprint density at radius 3 is 3.05 bits per heavy atom. The fourth-order valence-electron chi connectivity index (χ4n) is 2.97. The first-order valence-corrected chi connectivity index (χ1v) is 7.14. The molecule has 1 aliphatic heterocycles. The minimum atomic E-state index is 0.491. The van der Waals surface area contributed by atoms with Gasteiger partial charge in [0, 0.05) is 25.0 Å². The molecule has 0 radical (unpaired) electrons. The van der Waals surface area contributed by atoms with Crippen LogP contribution in [0.25, 0.3) is 0 Å². The van der Waals surface area contributed by atoms with Gasteiger partial charge in [0.15, 0.2) is 0 Å². The lowest BCUT2D eigenvalue weighted by molar-refractivity contribution is 0.248. The Kier molecular flexibility index (Phi) is 3.97. The van der Waals surface area contributed by atoms with Crippen molar-refractivity contribution in [3.8, 4) is 5.75 Å². The Morgan fingerprint density at radius 2 is 2.25 bits per heavy atom. The van der Waals surface area contributed by atoms with Crippen LogP contribution in [0, 0.1) is 0 Å². The second-order valence-corrected chi connectivity index (χ2v) is 5.27. The van der Waals surface area contributed by atoms with Crippen LogP contribution >= 0.6 is 0 Å². The van der Waals surface area contributed by atoms with E-state index < -0.39 is 0 Å². The van der Waals surface area contributed by atoms with Crippen molar-refractivity contribution in [3.05, 3.63) is 59.9 Å². The smallest absolute Gasteiger partial charge is 0.119 e. The predicted octanol–water partition coefficient (Wildman–Crippen LogP) is 3.43. The van der Waals surface area contributed by atoms with E-state index >= 15 is 0 Å². The summed E-state index contributed by atoms with van der Waals surface area (Å²) in [5.41, 5.74) is 2.63. The molecule has 1 saturated heterocycles. The molecule has 0 bridgehead atoms. The maximum atomic E-state index is 5.34. The van der Waals surface area contributed by atoms with Crippen molar-refractivity contribution in [2.24, 2.45) is 0 Å². The molecule has 1 atom stereocenters. The molecule has 104 valence electrons. The van der Waals surface area contributed by atoms with Gasteiger partial charge < -0.3 is 4.74 Å². The predicted molar refractivity (Wildman–Crippen MR) is 79.6 cm³/mol. The summed E-state index contributed by atoms with van der Waals surface area (Å²) in [6.45, 7) is 2.12. The summed E-state index contributed by atoms with van der Waals surface area (Å²) in [6.07, 6.45) is 6.25. The van der Waals surface area contributed by atoms with Gasteiger partial charge in [0.25, 0.3) is 0 Å². The molecule has 20 heavy (non-hydrogen) atoms. The van der Waals surface area contributed by atoms with Crippen molar-refractivity contribution in [2.45, 2.75) is 25.4 Å². The average molecular weight is 268 g/mol. The molecule has 2 heterocycles. The van der Waals surface area contributed by atoms with E-state index in [1.165, 1.54) is 24.0 Å². The molecule has 1 aromatic heterocycles. The van der Waals surface area contributed by atoms with E-state index in [0.717, 1.165) is 18.8 Å². The summed E-state index contributed by atoms with van der Waals surface area (Å²) in [4.78, 5) is 6.74. The lowest BCUT2D eigenvalue weighted by atomic mass is 10.0. The molecular formula is C17H20N2O. The molecule has 1 unspecified atom stereocenters. The van der Waals surface area contributed by atoms with Crippen LogP contribution in [0.4, 0.5) is 0 Å². The van der Waals surface area contributed by atoms with Gasteiger partial charge in [0.1, 0.15) is 5.75 Å². The first kappa shape index (κ1) is 13.1. The third-order valence-corrected chi connectivity index (χ3v) is 3.95. The highest BCUT2D eigenvalue weighted by Crippen LogP contribution is 2.34. The number of likely N-dealkylation sites (tertiary alicyclic amines) is 1. The maximum absolute atomic E-state index is 5.34. The zero-order chi connectivity index (χ0) is 13.8. The van der Waals surface area contributed by atoms with Crippen LogP contribution in [0.3, 0.4) is 0 Å². The highest BCUT2D eigenvalue weighted by molar-refractivity contribution is 5.31. The molecule has 3 heteroatoms. The number of benzene rings is 1. The van der Waals surface area contributed by atoms with Gasteiger partial charge in [0.05, 0.1) is 7.11 Å². The van der Waals surface area contributed by atoms with Crippen molar-refractivity contribution in [1.82, 2.24) is 9.88 Å². The van der Waals surface area contributed by atoms with E-state index in [9.17, 15) is 0 Å². The van der Waals surface area contributed by atoms with Crippen molar-refractivity contribution in [3.63, 3.8) is 0 Å². The summed E-state index contributed by atoms with van der Waals surface area (Å²) >= 11 is 0. The lowest BCUT2D eigenvalue weighted by Gasteiger charge is -2.25. The van der Waals surface area contributed by atoms with Gasteiger partial charge in [-0.15, -0.1) is 0 Å². The van der Waals surface area contributed by atoms with Gasteiger partial charge in [-0.2, -0.15) is 0 Å². The van der Waals surface area contributed by atoms with E-state index in [0.29, 0.717) is 6.04 Å². The number of nitrogens with zero attached hydrogens (tertiary/aromatic N) is 2. The van der Waals surface area contributed by atoms with Crippen LogP contribution in [0.5, 0.6) is 5.75 Å². The van der Waals surface area contributed by atoms with Gasteiger partial charge in [-0.1, -0.05) is 18.2 Å². The molecular weight excluding hydrogens is 248 g/mol. The monoisotopic (exact) mass is 268 g/mol. The van der Waals surface area contributed by atoms with Crippen LogP contribution in [0.15, 0.2) is 48.8 Å². The van der Waals surface area contributed by atoms with Crippen LogP contribution in [-0.2, 0) is 6.54 Å². The first-order chi connectivity index (χ1) is 9.86. The fourth-order valence-corrected chi connectivity index (χ4v) is 2.97. The molecule has 0 amide bonds. The summed E-state index contributed by atoms with van der Waals surface area (Å²) < 4.78 is 5.34. The largest absolute Gasteiger partial charge is 0.497 e. The van der Waals surface area contributed by atoms with Crippen molar-refractivity contribution in [1.29, 1.82) is 0 Å². The minimum Gasteiger partial charge on any atom is -0.497 e. The molecule has 1 aliphatic rings. The standard InChI is InChI=1S/C17H20N2O/c1-20-16-7-2-6-15(11-16)17-8-4-10-19(17)13-14-5-3-9-18-12-14/h2-3,5-7,9,11-12,17H,4,8,10,13H2,1H3. The molecule has 1 fully saturated rings. The summed E-state index contributed by atoms with van der Waals surface area (Å²) in [5.74, 6) is 0.940. The normalized spacial score (nSPS) is 19.1. The zero-order valence-electron chi connectivity index (χ0n) is 11.8. The van der Waals surface area contributed by atoms with Crippen molar-refractivity contribution >= 4 is 0 Å². The third-order valence-electron chi connectivity index (χ3n) is 3.95. The number of ether oxygens (including phenoxy) is 1. The van der Waals surface area contributed by atoms with E-state index in [1.54, 1.807) is 7.11 Å². The minimum absolute atomic E-state index is 0.491. The zero-order valence-corrected chi connectivity index (χ0v) is 11.8. The summed E-state index contributed by atoms with van der Waals surface area (Å²) in [7, 11) is 1.72. The molecule has 0 saturated carbocycles. The maximum Gasteiger partial charge on any atom is 0.119 e.